The van der Waals surface area contributed by atoms with Crippen LogP contribution in [0, 0.1) is 17.8 Å². The molecule has 19 heavy (non-hydrogen) atoms. The number of hydrogen-bond acceptors (Lipinski definition) is 2. The van der Waals surface area contributed by atoms with Gasteiger partial charge in [0.15, 0.2) is 0 Å². The van der Waals surface area contributed by atoms with Gasteiger partial charge < -0.3 is 10.5 Å². The first-order valence-electron chi connectivity index (χ1n) is 7.48. The summed E-state index contributed by atoms with van der Waals surface area (Å²) in [6.07, 6.45) is 4.90. The number of methoxy groups -OCH3 is 1. The molecule has 0 saturated heterocycles. The van der Waals surface area contributed by atoms with E-state index in [-0.39, 0.29) is 0 Å². The summed E-state index contributed by atoms with van der Waals surface area (Å²) in [6.45, 7) is 4.74. The number of ether oxygens (including phenoxy) is 1. The monoisotopic (exact) mass is 261 g/mol. The van der Waals surface area contributed by atoms with Crippen LogP contribution in [0.25, 0.3) is 0 Å². The first-order chi connectivity index (χ1) is 9.10. The Hall–Kier alpha value is -1.02. The molecule has 2 N–H and O–H groups in total. The predicted molar refractivity (Wildman–Crippen MR) is 80.3 cm³/mol. The van der Waals surface area contributed by atoms with Crippen molar-refractivity contribution in [1.82, 2.24) is 0 Å². The zero-order chi connectivity index (χ0) is 13.8. The molecule has 0 aliphatic heterocycles. The standard InChI is InChI=1S/C17H27NO/c1-12-4-7-15(10-13(12)2)17(18)11-14-5-8-16(19-3)9-6-14/h5-6,8-9,12-13,15,17H,4,7,10-11,18H2,1-3H3. The Kier molecular flexibility index (Phi) is 4.87. The molecule has 0 heterocycles. The molecule has 1 aliphatic rings. The van der Waals surface area contributed by atoms with Crippen LogP contribution >= 0.6 is 0 Å². The Morgan fingerprint density at radius 2 is 1.84 bits per heavy atom. The molecule has 1 aromatic rings. The molecule has 2 rings (SSSR count). The van der Waals surface area contributed by atoms with Crippen LogP contribution in [0.15, 0.2) is 24.3 Å². The first-order valence-corrected chi connectivity index (χ1v) is 7.48. The molecule has 4 atom stereocenters. The molecule has 4 unspecified atom stereocenters. The van der Waals surface area contributed by atoms with Gasteiger partial charge in [0.2, 0.25) is 0 Å². The summed E-state index contributed by atoms with van der Waals surface area (Å²) >= 11 is 0. The number of hydrogen-bond donors (Lipinski definition) is 1. The van der Waals surface area contributed by atoms with Crippen LogP contribution in [0.1, 0.15) is 38.7 Å². The van der Waals surface area contributed by atoms with Gasteiger partial charge in [-0.1, -0.05) is 32.4 Å². The van der Waals surface area contributed by atoms with Crippen molar-refractivity contribution in [3.05, 3.63) is 29.8 Å². The molecule has 2 heteroatoms. The van der Waals surface area contributed by atoms with Crippen LogP contribution in [0.5, 0.6) is 5.75 Å². The van der Waals surface area contributed by atoms with E-state index in [9.17, 15) is 0 Å². The smallest absolute Gasteiger partial charge is 0.118 e. The largest absolute Gasteiger partial charge is 0.497 e. The average molecular weight is 261 g/mol. The van der Waals surface area contributed by atoms with E-state index in [1.807, 2.05) is 12.1 Å². The fourth-order valence-electron chi connectivity index (χ4n) is 3.18. The minimum Gasteiger partial charge on any atom is -0.497 e. The molecule has 1 saturated carbocycles. The summed E-state index contributed by atoms with van der Waals surface area (Å²) in [5.74, 6) is 3.29. The molecule has 106 valence electrons. The highest BCUT2D eigenvalue weighted by atomic mass is 16.5. The first kappa shape index (κ1) is 14.4. The Morgan fingerprint density at radius 3 is 2.42 bits per heavy atom. The van der Waals surface area contributed by atoms with Crippen LogP contribution in [-0.2, 0) is 6.42 Å². The van der Waals surface area contributed by atoms with E-state index in [1.54, 1.807) is 7.11 Å². The molecule has 1 aliphatic carbocycles. The van der Waals surface area contributed by atoms with Gasteiger partial charge in [0, 0.05) is 6.04 Å². The van der Waals surface area contributed by atoms with Crippen molar-refractivity contribution in [3.63, 3.8) is 0 Å². The van der Waals surface area contributed by atoms with Crippen molar-refractivity contribution in [2.24, 2.45) is 23.5 Å². The molecule has 1 aromatic carbocycles. The summed E-state index contributed by atoms with van der Waals surface area (Å²) in [7, 11) is 1.70. The minimum absolute atomic E-state index is 0.295. The number of nitrogens with two attached hydrogens (primary N) is 1. The van der Waals surface area contributed by atoms with Gasteiger partial charge in [-0.25, -0.2) is 0 Å². The summed E-state index contributed by atoms with van der Waals surface area (Å²) in [5, 5.41) is 0. The van der Waals surface area contributed by atoms with Gasteiger partial charge in [-0.15, -0.1) is 0 Å². The fourth-order valence-corrected chi connectivity index (χ4v) is 3.18. The Morgan fingerprint density at radius 1 is 1.16 bits per heavy atom. The van der Waals surface area contributed by atoms with Crippen molar-refractivity contribution in [3.8, 4) is 5.75 Å². The number of rotatable bonds is 4. The molecular weight excluding hydrogens is 234 g/mol. The Bertz CT molecular complexity index is 387. The van der Waals surface area contributed by atoms with Gasteiger partial charge in [-0.3, -0.25) is 0 Å². The second-order valence-electron chi connectivity index (χ2n) is 6.24. The van der Waals surface area contributed by atoms with E-state index in [4.69, 9.17) is 10.5 Å². The van der Waals surface area contributed by atoms with Crippen LogP contribution in [0.2, 0.25) is 0 Å². The van der Waals surface area contributed by atoms with Crippen molar-refractivity contribution in [2.75, 3.05) is 7.11 Å². The highest BCUT2D eigenvalue weighted by Crippen LogP contribution is 2.35. The van der Waals surface area contributed by atoms with Crippen molar-refractivity contribution in [1.29, 1.82) is 0 Å². The Labute approximate surface area is 117 Å². The molecule has 0 bridgehead atoms. The lowest BCUT2D eigenvalue weighted by Crippen LogP contribution is -2.36. The van der Waals surface area contributed by atoms with Gasteiger partial charge in [0.05, 0.1) is 7.11 Å². The van der Waals surface area contributed by atoms with Gasteiger partial charge in [0.1, 0.15) is 5.75 Å². The van der Waals surface area contributed by atoms with E-state index in [0.29, 0.717) is 12.0 Å². The third kappa shape index (κ3) is 3.73. The van der Waals surface area contributed by atoms with Crippen LogP contribution in [-0.4, -0.2) is 13.2 Å². The second kappa shape index (κ2) is 6.42. The molecule has 0 aromatic heterocycles. The lowest BCUT2D eigenvalue weighted by atomic mass is 9.72. The van der Waals surface area contributed by atoms with Gasteiger partial charge >= 0.3 is 0 Å². The van der Waals surface area contributed by atoms with E-state index in [2.05, 4.69) is 26.0 Å². The highest BCUT2D eigenvalue weighted by molar-refractivity contribution is 5.27. The summed E-state index contributed by atoms with van der Waals surface area (Å²) in [4.78, 5) is 0. The second-order valence-corrected chi connectivity index (χ2v) is 6.24. The van der Waals surface area contributed by atoms with Gasteiger partial charge in [-0.2, -0.15) is 0 Å². The molecule has 0 radical (unpaired) electrons. The molecule has 1 fully saturated rings. The molecule has 0 amide bonds. The summed E-state index contributed by atoms with van der Waals surface area (Å²) in [5.41, 5.74) is 7.75. The van der Waals surface area contributed by atoms with E-state index in [0.717, 1.165) is 24.0 Å². The van der Waals surface area contributed by atoms with Gasteiger partial charge in [-0.05, 0) is 54.7 Å². The van der Waals surface area contributed by atoms with E-state index >= 15 is 0 Å². The highest BCUT2D eigenvalue weighted by Gasteiger charge is 2.28. The predicted octanol–water partition coefficient (Wildman–Crippen LogP) is 3.64. The van der Waals surface area contributed by atoms with Crippen LogP contribution < -0.4 is 10.5 Å². The Balaban J connectivity index is 1.91. The zero-order valence-electron chi connectivity index (χ0n) is 12.4. The quantitative estimate of drug-likeness (QED) is 0.898. The van der Waals surface area contributed by atoms with E-state index in [1.165, 1.54) is 24.8 Å². The minimum atomic E-state index is 0.295. The summed E-state index contributed by atoms with van der Waals surface area (Å²) in [6, 6.07) is 8.60. The third-order valence-electron chi connectivity index (χ3n) is 4.87. The topological polar surface area (TPSA) is 35.2 Å². The van der Waals surface area contributed by atoms with Gasteiger partial charge in [0.25, 0.3) is 0 Å². The third-order valence-corrected chi connectivity index (χ3v) is 4.87. The zero-order valence-corrected chi connectivity index (χ0v) is 12.4. The van der Waals surface area contributed by atoms with E-state index < -0.39 is 0 Å². The molecule has 2 nitrogen and oxygen atoms in total. The maximum atomic E-state index is 6.43. The normalized spacial score (nSPS) is 28.9. The van der Waals surface area contributed by atoms with Crippen LogP contribution in [0.4, 0.5) is 0 Å². The molecule has 0 spiro atoms. The van der Waals surface area contributed by atoms with Crippen molar-refractivity contribution in [2.45, 2.75) is 45.6 Å². The number of benzene rings is 1. The fraction of sp³-hybridized carbons (Fsp3) is 0.647. The maximum Gasteiger partial charge on any atom is 0.118 e. The van der Waals surface area contributed by atoms with Crippen molar-refractivity contribution < 1.29 is 4.74 Å². The summed E-state index contributed by atoms with van der Waals surface area (Å²) < 4.78 is 5.19. The average Bonchev–Trinajstić information content (AvgIpc) is 2.42. The lowest BCUT2D eigenvalue weighted by molar-refractivity contribution is 0.185. The maximum absolute atomic E-state index is 6.43. The SMILES string of the molecule is COc1ccc(CC(N)C2CCC(C)C(C)C2)cc1. The lowest BCUT2D eigenvalue weighted by Gasteiger charge is -2.35. The van der Waals surface area contributed by atoms with Crippen molar-refractivity contribution >= 4 is 0 Å². The van der Waals surface area contributed by atoms with Crippen LogP contribution in [0.3, 0.4) is 0 Å². The molecular formula is C17H27NO.